The van der Waals surface area contributed by atoms with E-state index in [4.69, 9.17) is 0 Å². The fourth-order valence-corrected chi connectivity index (χ4v) is 1.62. The zero-order valence-electron chi connectivity index (χ0n) is 12.4. The van der Waals surface area contributed by atoms with Crippen LogP contribution in [0.2, 0.25) is 0 Å². The summed E-state index contributed by atoms with van der Waals surface area (Å²) in [5.74, 6) is -2.33. The van der Waals surface area contributed by atoms with Crippen molar-refractivity contribution in [2.75, 3.05) is 7.11 Å². The molecule has 0 aliphatic rings. The normalized spacial score (nSPS) is 11.7. The lowest BCUT2D eigenvalue weighted by atomic mass is 10.1. The molecule has 1 rings (SSSR count). The Morgan fingerprint density at radius 2 is 1.82 bits per heavy atom. The minimum Gasteiger partial charge on any atom is -0.467 e. The Kier molecular flexibility index (Phi) is 6.69. The highest BCUT2D eigenvalue weighted by Crippen LogP contribution is 2.03. The number of Topliss-reactive ketones (excluding diaryl/α,β-unsaturated/α-hetero) is 1. The van der Waals surface area contributed by atoms with Gasteiger partial charge >= 0.3 is 5.97 Å². The molecule has 6 nitrogen and oxygen atoms in total. The number of nitrogens with one attached hydrogen (secondary N) is 1. The van der Waals surface area contributed by atoms with Crippen molar-refractivity contribution in [1.82, 2.24) is 5.32 Å². The molecular formula is C16H17NO5. The molecule has 0 saturated heterocycles. The van der Waals surface area contributed by atoms with Gasteiger partial charge in [0.15, 0.2) is 5.78 Å². The molecule has 0 spiro atoms. The van der Waals surface area contributed by atoms with E-state index in [1.165, 1.54) is 13.2 Å². The van der Waals surface area contributed by atoms with Crippen molar-refractivity contribution in [3.8, 4) is 0 Å². The number of benzene rings is 1. The highest BCUT2D eigenvalue weighted by molar-refractivity contribution is 6.40. The third-order valence-electron chi connectivity index (χ3n) is 2.82. The van der Waals surface area contributed by atoms with Crippen LogP contribution in [0.3, 0.4) is 0 Å². The first-order chi connectivity index (χ1) is 10.5. The van der Waals surface area contributed by atoms with E-state index in [9.17, 15) is 19.2 Å². The van der Waals surface area contributed by atoms with E-state index in [1.807, 2.05) is 0 Å². The number of esters is 1. The van der Waals surface area contributed by atoms with Gasteiger partial charge in [0, 0.05) is 12.5 Å². The zero-order chi connectivity index (χ0) is 16.5. The van der Waals surface area contributed by atoms with Gasteiger partial charge in [0.2, 0.25) is 5.78 Å². The molecule has 0 aliphatic heterocycles. The smallest absolute Gasteiger partial charge is 0.328 e. The van der Waals surface area contributed by atoms with Crippen LogP contribution in [0.25, 0.3) is 0 Å². The lowest BCUT2D eigenvalue weighted by Crippen LogP contribution is -2.41. The van der Waals surface area contributed by atoms with Crippen molar-refractivity contribution in [3.05, 3.63) is 48.0 Å². The molecule has 1 aromatic carbocycles. The van der Waals surface area contributed by atoms with Crippen molar-refractivity contribution in [2.24, 2.45) is 0 Å². The molecule has 1 aromatic rings. The molecule has 22 heavy (non-hydrogen) atoms. The Labute approximate surface area is 128 Å². The van der Waals surface area contributed by atoms with Crippen molar-refractivity contribution in [1.29, 1.82) is 0 Å². The number of rotatable bonds is 7. The van der Waals surface area contributed by atoms with E-state index in [2.05, 4.69) is 10.1 Å². The molecule has 0 radical (unpaired) electrons. The predicted molar refractivity (Wildman–Crippen MR) is 79.2 cm³/mol. The second kappa shape index (κ2) is 8.51. The van der Waals surface area contributed by atoms with Gasteiger partial charge in [-0.1, -0.05) is 24.3 Å². The fourth-order valence-electron chi connectivity index (χ4n) is 1.62. The van der Waals surface area contributed by atoms with Crippen molar-refractivity contribution < 1.29 is 23.9 Å². The van der Waals surface area contributed by atoms with E-state index < -0.39 is 29.5 Å². The third-order valence-corrected chi connectivity index (χ3v) is 2.82. The summed E-state index contributed by atoms with van der Waals surface area (Å²) in [4.78, 5) is 45.7. The Balaban J connectivity index is 2.73. The summed E-state index contributed by atoms with van der Waals surface area (Å²) in [6.45, 7) is 1.15. The van der Waals surface area contributed by atoms with Gasteiger partial charge in [-0.15, -0.1) is 0 Å². The molecule has 0 aromatic heterocycles. The summed E-state index contributed by atoms with van der Waals surface area (Å²) in [6.07, 6.45) is 2.48. The fraction of sp³-hybridized carbons (Fsp3) is 0.250. The second-order valence-electron chi connectivity index (χ2n) is 4.47. The summed E-state index contributed by atoms with van der Waals surface area (Å²) in [6, 6.07) is 7.46. The molecule has 1 amide bonds. The summed E-state index contributed by atoms with van der Waals surface area (Å²) < 4.78 is 4.61. The molecule has 0 unspecified atom stereocenters. The average molecular weight is 303 g/mol. The van der Waals surface area contributed by atoms with Gasteiger partial charge in [0.1, 0.15) is 6.04 Å². The number of carbonyl (C=O) groups excluding carboxylic acids is 4. The van der Waals surface area contributed by atoms with Gasteiger partial charge in [-0.25, -0.2) is 4.79 Å². The predicted octanol–water partition coefficient (Wildman–Crippen LogP) is 1.06. The summed E-state index contributed by atoms with van der Waals surface area (Å²) in [5, 5.41) is 2.53. The van der Waals surface area contributed by atoms with E-state index >= 15 is 0 Å². The van der Waals surface area contributed by atoms with E-state index in [0.29, 0.717) is 5.56 Å². The molecule has 0 heterocycles. The lowest BCUT2D eigenvalue weighted by molar-refractivity contribution is -0.142. The molecule has 1 atom stereocenters. The van der Waals surface area contributed by atoms with E-state index in [1.54, 1.807) is 30.3 Å². The highest BCUT2D eigenvalue weighted by Gasteiger charge is 2.20. The molecular weight excluding hydrogens is 286 g/mol. The number of hydrogen-bond acceptors (Lipinski definition) is 5. The minimum absolute atomic E-state index is 0.0459. The summed E-state index contributed by atoms with van der Waals surface area (Å²) in [7, 11) is 1.20. The molecule has 0 fully saturated rings. The van der Waals surface area contributed by atoms with Crippen LogP contribution in [-0.2, 0) is 19.1 Å². The molecule has 0 bridgehead atoms. The number of methoxy groups -OCH3 is 1. The first-order valence-electron chi connectivity index (χ1n) is 6.61. The minimum atomic E-state index is -0.936. The number of ether oxygens (including phenoxy) is 1. The maximum atomic E-state index is 12.0. The summed E-state index contributed by atoms with van der Waals surface area (Å²) >= 11 is 0. The third kappa shape index (κ3) is 5.32. The zero-order valence-corrected chi connectivity index (χ0v) is 12.4. The molecule has 0 aliphatic carbocycles. The Hall–Kier alpha value is -2.76. The maximum absolute atomic E-state index is 12.0. The molecule has 116 valence electrons. The van der Waals surface area contributed by atoms with Gasteiger partial charge in [-0.2, -0.15) is 0 Å². The van der Waals surface area contributed by atoms with Crippen molar-refractivity contribution >= 4 is 23.4 Å². The van der Waals surface area contributed by atoms with Crippen LogP contribution < -0.4 is 5.32 Å². The van der Waals surface area contributed by atoms with Crippen LogP contribution in [0, 0.1) is 0 Å². The van der Waals surface area contributed by atoms with E-state index in [-0.39, 0.29) is 6.42 Å². The molecule has 1 N–H and O–H groups in total. The topological polar surface area (TPSA) is 89.5 Å². The number of amides is 1. The Bertz CT molecular complexity index is 592. The highest BCUT2D eigenvalue weighted by atomic mass is 16.5. The quantitative estimate of drug-likeness (QED) is 0.462. The SMILES string of the molecule is COC(=O)[C@H](CC=CC(=O)C(C)=O)NC(=O)c1ccccc1. The largest absolute Gasteiger partial charge is 0.467 e. The number of allylic oxidation sites excluding steroid dienone is 1. The van der Waals surface area contributed by atoms with Gasteiger partial charge in [0.05, 0.1) is 7.11 Å². The van der Waals surface area contributed by atoms with Gasteiger partial charge in [-0.3, -0.25) is 14.4 Å². The van der Waals surface area contributed by atoms with Crippen LogP contribution in [-0.4, -0.2) is 36.6 Å². The average Bonchev–Trinajstić information content (AvgIpc) is 2.53. The van der Waals surface area contributed by atoms with Crippen molar-refractivity contribution in [3.63, 3.8) is 0 Å². The van der Waals surface area contributed by atoms with Crippen LogP contribution in [0.5, 0.6) is 0 Å². The van der Waals surface area contributed by atoms with Crippen LogP contribution >= 0.6 is 0 Å². The number of carbonyl (C=O) groups is 4. The first-order valence-corrected chi connectivity index (χ1v) is 6.61. The second-order valence-corrected chi connectivity index (χ2v) is 4.47. The van der Waals surface area contributed by atoms with Crippen molar-refractivity contribution in [2.45, 2.75) is 19.4 Å². The van der Waals surface area contributed by atoms with Gasteiger partial charge in [0.25, 0.3) is 5.91 Å². The molecule has 0 saturated carbocycles. The van der Waals surface area contributed by atoms with Crippen LogP contribution in [0.4, 0.5) is 0 Å². The van der Waals surface area contributed by atoms with Gasteiger partial charge in [-0.05, 0) is 24.6 Å². The maximum Gasteiger partial charge on any atom is 0.328 e. The Morgan fingerprint density at radius 3 is 2.36 bits per heavy atom. The standard InChI is InChI=1S/C16H17NO5/c1-11(18)14(19)10-6-9-13(16(21)22-2)17-15(20)12-7-4-3-5-8-12/h3-8,10,13H,9H2,1-2H3,(H,17,20)/t13-/m0/s1. The van der Waals surface area contributed by atoms with E-state index in [0.717, 1.165) is 13.0 Å². The van der Waals surface area contributed by atoms with Crippen LogP contribution in [0.15, 0.2) is 42.5 Å². The number of ketones is 2. The Morgan fingerprint density at radius 1 is 1.18 bits per heavy atom. The monoisotopic (exact) mass is 303 g/mol. The summed E-state index contributed by atoms with van der Waals surface area (Å²) in [5.41, 5.74) is 0.403. The first kappa shape index (κ1) is 17.3. The lowest BCUT2D eigenvalue weighted by Gasteiger charge is -2.14. The van der Waals surface area contributed by atoms with Crippen LogP contribution in [0.1, 0.15) is 23.7 Å². The molecule has 6 heteroatoms. The number of hydrogen-bond donors (Lipinski definition) is 1. The van der Waals surface area contributed by atoms with Gasteiger partial charge < -0.3 is 10.1 Å².